The van der Waals surface area contributed by atoms with Crippen molar-refractivity contribution >= 4 is 39.3 Å². The molecule has 0 radical (unpaired) electrons. The fourth-order valence-electron chi connectivity index (χ4n) is 1.45. The average molecular weight is 301 g/mol. The number of thioether (sulfide) groups is 2. The maximum absolute atomic E-state index is 8.94. The molecule has 0 bridgehead atoms. The van der Waals surface area contributed by atoms with Crippen LogP contribution in [0.25, 0.3) is 0 Å². The number of thiocarbonyl (C=S) groups is 1. The Morgan fingerprint density at radius 1 is 1.00 bits per heavy atom. The van der Waals surface area contributed by atoms with Crippen molar-refractivity contribution in [1.29, 1.82) is 10.5 Å². The van der Waals surface area contributed by atoms with Gasteiger partial charge in [0.15, 0.2) is 0 Å². The van der Waals surface area contributed by atoms with E-state index in [2.05, 4.69) is 26.0 Å². The average Bonchev–Trinajstić information content (AvgIpc) is 2.39. The second kappa shape index (κ2) is 11.8. The maximum Gasteiger partial charge on any atom is 0.104 e. The van der Waals surface area contributed by atoms with E-state index in [4.69, 9.17) is 22.7 Å². The van der Waals surface area contributed by atoms with E-state index < -0.39 is 0 Å². The molecule has 0 aromatic carbocycles. The zero-order valence-corrected chi connectivity index (χ0v) is 13.5. The third-order valence-corrected chi connectivity index (χ3v) is 5.47. The molecule has 2 nitrogen and oxygen atoms in total. The fraction of sp³-hybridized carbons (Fsp3) is 0.769. The number of nitrogens with zero attached hydrogens (tertiary/aromatic N) is 2. The molecule has 0 amide bonds. The van der Waals surface area contributed by atoms with Gasteiger partial charge in [-0.3, -0.25) is 0 Å². The van der Waals surface area contributed by atoms with Crippen LogP contribution in [0.1, 0.15) is 39.5 Å². The first-order valence-electron chi connectivity index (χ1n) is 6.26. The topological polar surface area (TPSA) is 47.6 Å². The fourth-order valence-corrected chi connectivity index (χ4v) is 3.75. The smallest absolute Gasteiger partial charge is 0.104 e. The van der Waals surface area contributed by atoms with Crippen molar-refractivity contribution in [2.75, 3.05) is 11.5 Å². The van der Waals surface area contributed by atoms with Crippen LogP contribution in [0.3, 0.4) is 0 Å². The molecule has 18 heavy (non-hydrogen) atoms. The van der Waals surface area contributed by atoms with E-state index in [0.717, 1.165) is 40.7 Å². The third kappa shape index (κ3) is 8.80. The lowest BCUT2D eigenvalue weighted by Gasteiger charge is -2.09. The summed E-state index contributed by atoms with van der Waals surface area (Å²) >= 11 is 8.43. The van der Waals surface area contributed by atoms with Gasteiger partial charge in [0.05, 0.1) is 24.0 Å². The summed E-state index contributed by atoms with van der Waals surface area (Å²) in [5, 5.41) is 17.9. The SMILES string of the molecule is CCCC(C#N)CSC(=S)SCC(C#N)CCC. The van der Waals surface area contributed by atoms with Gasteiger partial charge in [-0.1, -0.05) is 38.9 Å². The van der Waals surface area contributed by atoms with Crippen molar-refractivity contribution in [2.45, 2.75) is 39.5 Å². The molecule has 0 saturated carbocycles. The second-order valence-corrected chi connectivity index (χ2v) is 7.35. The Hall–Kier alpha value is -0.230. The van der Waals surface area contributed by atoms with Crippen LogP contribution < -0.4 is 0 Å². The quantitative estimate of drug-likeness (QED) is 0.612. The summed E-state index contributed by atoms with van der Waals surface area (Å²) in [6.45, 7) is 4.18. The monoisotopic (exact) mass is 300 g/mol. The maximum atomic E-state index is 8.94. The Morgan fingerprint density at radius 2 is 1.39 bits per heavy atom. The van der Waals surface area contributed by atoms with Gasteiger partial charge in [-0.05, 0) is 12.8 Å². The van der Waals surface area contributed by atoms with E-state index in [0.29, 0.717) is 0 Å². The molecule has 5 heteroatoms. The third-order valence-electron chi connectivity index (χ3n) is 2.44. The normalized spacial score (nSPS) is 13.3. The van der Waals surface area contributed by atoms with Crippen LogP contribution in [-0.4, -0.2) is 15.0 Å². The molecule has 0 fully saturated rings. The first kappa shape index (κ1) is 17.8. The van der Waals surface area contributed by atoms with Crippen molar-refractivity contribution in [3.8, 4) is 12.1 Å². The Balaban J connectivity index is 3.84. The second-order valence-electron chi connectivity index (χ2n) is 4.10. The van der Waals surface area contributed by atoms with E-state index in [-0.39, 0.29) is 11.8 Å². The first-order chi connectivity index (χ1) is 8.67. The summed E-state index contributed by atoms with van der Waals surface area (Å²) in [5.41, 5.74) is 0. The summed E-state index contributed by atoms with van der Waals surface area (Å²) in [6.07, 6.45) is 3.94. The summed E-state index contributed by atoms with van der Waals surface area (Å²) in [5.74, 6) is 1.75. The van der Waals surface area contributed by atoms with Crippen LogP contribution in [0.15, 0.2) is 0 Å². The zero-order valence-electron chi connectivity index (χ0n) is 11.0. The summed E-state index contributed by atoms with van der Waals surface area (Å²) < 4.78 is 0.864. The van der Waals surface area contributed by atoms with E-state index >= 15 is 0 Å². The van der Waals surface area contributed by atoms with Crippen molar-refractivity contribution in [3.05, 3.63) is 0 Å². The molecule has 0 aromatic heterocycles. The van der Waals surface area contributed by atoms with Crippen molar-refractivity contribution in [3.63, 3.8) is 0 Å². The number of nitriles is 2. The predicted octanol–water partition coefficient (Wildman–Crippen LogP) is 4.62. The van der Waals surface area contributed by atoms with Crippen LogP contribution in [0, 0.1) is 34.5 Å². The first-order valence-corrected chi connectivity index (χ1v) is 8.64. The minimum absolute atomic E-state index is 0.0981. The number of rotatable bonds is 8. The molecule has 2 atom stereocenters. The van der Waals surface area contributed by atoms with Gasteiger partial charge >= 0.3 is 0 Å². The largest absolute Gasteiger partial charge is 0.198 e. The van der Waals surface area contributed by atoms with Crippen LogP contribution in [0.5, 0.6) is 0 Å². The summed E-state index contributed by atoms with van der Waals surface area (Å²) in [7, 11) is 0. The Kier molecular flexibility index (Phi) is 11.7. The molecule has 0 heterocycles. The van der Waals surface area contributed by atoms with E-state index in [1.807, 2.05) is 0 Å². The van der Waals surface area contributed by atoms with E-state index in [1.54, 1.807) is 23.5 Å². The molecule has 0 N–H and O–H groups in total. The molecule has 0 aliphatic rings. The standard InChI is InChI=1S/C13H20N2S3/c1-3-5-11(7-14)9-17-13(16)18-10-12(8-15)6-4-2/h11-12H,3-6,9-10H2,1-2H3. The van der Waals surface area contributed by atoms with E-state index in [9.17, 15) is 0 Å². The molecule has 0 saturated heterocycles. The van der Waals surface area contributed by atoms with E-state index in [1.165, 1.54) is 0 Å². The Morgan fingerprint density at radius 3 is 1.67 bits per heavy atom. The van der Waals surface area contributed by atoms with Crippen molar-refractivity contribution in [2.24, 2.45) is 11.8 Å². The van der Waals surface area contributed by atoms with Gasteiger partial charge in [-0.25, -0.2) is 0 Å². The lowest BCUT2D eigenvalue weighted by atomic mass is 10.1. The predicted molar refractivity (Wildman–Crippen MR) is 85.5 cm³/mol. The molecule has 100 valence electrons. The van der Waals surface area contributed by atoms with Gasteiger partial charge in [0.1, 0.15) is 3.53 Å². The highest BCUT2D eigenvalue weighted by Gasteiger charge is 2.11. The molecular weight excluding hydrogens is 280 g/mol. The molecule has 2 unspecified atom stereocenters. The summed E-state index contributed by atoms with van der Waals surface area (Å²) in [4.78, 5) is 0. The molecule has 0 aliphatic heterocycles. The highest BCUT2D eigenvalue weighted by Crippen LogP contribution is 2.24. The lowest BCUT2D eigenvalue weighted by molar-refractivity contribution is 0.655. The number of hydrogen-bond donors (Lipinski definition) is 0. The molecular formula is C13H20N2S3. The molecule has 0 aliphatic carbocycles. The Bertz CT molecular complexity index is 287. The van der Waals surface area contributed by atoms with Gasteiger partial charge in [-0.15, -0.1) is 23.5 Å². The zero-order chi connectivity index (χ0) is 13.8. The highest BCUT2D eigenvalue weighted by molar-refractivity contribution is 8.47. The van der Waals surface area contributed by atoms with Gasteiger partial charge in [0.25, 0.3) is 0 Å². The van der Waals surface area contributed by atoms with Crippen LogP contribution in [-0.2, 0) is 0 Å². The van der Waals surface area contributed by atoms with Crippen molar-refractivity contribution < 1.29 is 0 Å². The minimum Gasteiger partial charge on any atom is -0.198 e. The van der Waals surface area contributed by atoms with Gasteiger partial charge in [0.2, 0.25) is 0 Å². The van der Waals surface area contributed by atoms with Crippen LogP contribution >= 0.6 is 35.7 Å². The molecule has 0 rings (SSSR count). The van der Waals surface area contributed by atoms with Gasteiger partial charge in [0, 0.05) is 11.5 Å². The van der Waals surface area contributed by atoms with Crippen LogP contribution in [0.2, 0.25) is 0 Å². The molecule has 0 aromatic rings. The van der Waals surface area contributed by atoms with Crippen LogP contribution in [0.4, 0.5) is 0 Å². The van der Waals surface area contributed by atoms with Gasteiger partial charge in [-0.2, -0.15) is 10.5 Å². The Labute approximate surface area is 125 Å². The number of hydrogen-bond acceptors (Lipinski definition) is 5. The highest BCUT2D eigenvalue weighted by atomic mass is 32.2. The van der Waals surface area contributed by atoms with Gasteiger partial charge < -0.3 is 0 Å². The summed E-state index contributed by atoms with van der Waals surface area (Å²) in [6, 6.07) is 4.63. The minimum atomic E-state index is 0.0981. The molecule has 0 spiro atoms. The van der Waals surface area contributed by atoms with Crippen molar-refractivity contribution in [1.82, 2.24) is 0 Å². The lowest BCUT2D eigenvalue weighted by Crippen LogP contribution is -2.04.